The molecule has 0 radical (unpaired) electrons. The topological polar surface area (TPSA) is 90.0 Å². The van der Waals surface area contributed by atoms with Gasteiger partial charge in [0.05, 0.1) is 5.69 Å². The van der Waals surface area contributed by atoms with E-state index in [4.69, 9.17) is 0 Å². The lowest BCUT2D eigenvalue weighted by molar-refractivity contribution is -0.114. The van der Waals surface area contributed by atoms with Crippen molar-refractivity contribution in [3.63, 3.8) is 0 Å². The average molecular weight is 489 g/mol. The first kappa shape index (κ1) is 24.2. The van der Waals surface area contributed by atoms with Crippen LogP contribution in [0.5, 0.6) is 0 Å². The van der Waals surface area contributed by atoms with E-state index < -0.39 is 10.0 Å². The van der Waals surface area contributed by atoms with Gasteiger partial charge in [-0.05, 0) is 55.2 Å². The smallest absolute Gasteiger partial charge is 0.320 e. The van der Waals surface area contributed by atoms with E-state index in [1.165, 1.54) is 23.4 Å². The summed E-state index contributed by atoms with van der Waals surface area (Å²) in [6.07, 6.45) is 1.08. The lowest BCUT2D eigenvalue weighted by Crippen LogP contribution is -2.48. The fraction of sp³-hybridized carbons (Fsp3) is 0.417. The first-order chi connectivity index (χ1) is 16.1. The maximum Gasteiger partial charge on any atom is 0.320 e. The molecule has 0 aliphatic carbocycles. The monoisotopic (exact) mass is 488 g/mol. The van der Waals surface area contributed by atoms with Gasteiger partial charge in [0.1, 0.15) is 10.7 Å². The molecule has 0 saturated carbocycles. The Bertz CT molecular complexity index is 1180. The Labute approximate surface area is 199 Å². The van der Waals surface area contributed by atoms with Gasteiger partial charge in [-0.1, -0.05) is 18.2 Å². The van der Waals surface area contributed by atoms with Crippen molar-refractivity contribution in [3.05, 3.63) is 59.4 Å². The van der Waals surface area contributed by atoms with Crippen molar-refractivity contribution in [2.75, 3.05) is 31.5 Å². The highest BCUT2D eigenvalue weighted by Crippen LogP contribution is 2.30. The van der Waals surface area contributed by atoms with E-state index in [1.807, 2.05) is 4.90 Å². The Morgan fingerprint density at radius 2 is 1.74 bits per heavy atom. The third kappa shape index (κ3) is 5.07. The number of amides is 3. The summed E-state index contributed by atoms with van der Waals surface area (Å²) in [5.41, 5.74) is 1.92. The fourth-order valence-corrected chi connectivity index (χ4v) is 6.27. The van der Waals surface area contributed by atoms with Crippen LogP contribution in [0.2, 0.25) is 0 Å². The maximum atomic E-state index is 13.4. The van der Waals surface area contributed by atoms with Crippen LogP contribution in [-0.4, -0.2) is 66.7 Å². The van der Waals surface area contributed by atoms with Crippen LogP contribution in [0.3, 0.4) is 0 Å². The van der Waals surface area contributed by atoms with Crippen LogP contribution >= 0.6 is 0 Å². The molecule has 0 spiro atoms. The van der Waals surface area contributed by atoms with Gasteiger partial charge in [0, 0.05) is 45.7 Å². The number of carbonyl (C=O) groups excluding carboxylic acids is 2. The van der Waals surface area contributed by atoms with E-state index in [0.717, 1.165) is 11.1 Å². The zero-order valence-corrected chi connectivity index (χ0v) is 20.1. The quantitative estimate of drug-likeness (QED) is 0.676. The zero-order chi connectivity index (χ0) is 24.5. The van der Waals surface area contributed by atoms with Crippen molar-refractivity contribution in [1.82, 2.24) is 14.1 Å². The lowest BCUT2D eigenvalue weighted by Gasteiger charge is -2.36. The lowest BCUT2D eigenvalue weighted by atomic mass is 10.1. The Morgan fingerprint density at radius 3 is 2.38 bits per heavy atom. The maximum absolute atomic E-state index is 13.4. The van der Waals surface area contributed by atoms with Crippen LogP contribution in [0.4, 0.5) is 14.9 Å². The number of sulfonamides is 1. The molecule has 1 N–H and O–H groups in total. The molecule has 2 fully saturated rings. The molecule has 8 nitrogen and oxygen atoms in total. The number of aryl methyl sites for hydroxylation is 1. The SMILES string of the molecule is CC(=O)Nc1ccc(C)cc1S(=O)(=O)N1CCC(N2CCN(Cc3ccc(F)cc3)C2=O)CC1. The molecule has 4 rings (SSSR count). The second kappa shape index (κ2) is 9.71. The first-order valence-corrected chi connectivity index (χ1v) is 12.8. The van der Waals surface area contributed by atoms with Crippen LogP contribution in [0.15, 0.2) is 47.4 Å². The molecule has 182 valence electrons. The standard InChI is InChI=1S/C24H29FN4O4S/c1-17-3-8-22(26-18(2)30)23(15-17)34(32,33)28-11-9-21(10-12-28)29-14-13-27(24(29)31)16-19-4-6-20(25)7-5-19/h3-8,15,21H,9-14,16H2,1-2H3,(H,26,30). The molecule has 0 unspecified atom stereocenters. The molecule has 2 aromatic rings. The van der Waals surface area contributed by atoms with E-state index in [0.29, 0.717) is 45.6 Å². The van der Waals surface area contributed by atoms with Crippen molar-refractivity contribution >= 4 is 27.6 Å². The summed E-state index contributed by atoms with van der Waals surface area (Å²) in [4.78, 5) is 28.2. The van der Waals surface area contributed by atoms with Gasteiger partial charge in [0.2, 0.25) is 15.9 Å². The van der Waals surface area contributed by atoms with Gasteiger partial charge in [-0.3, -0.25) is 4.79 Å². The number of urea groups is 1. The summed E-state index contributed by atoms with van der Waals surface area (Å²) in [6.45, 7) is 5.32. The van der Waals surface area contributed by atoms with Crippen molar-refractivity contribution in [3.8, 4) is 0 Å². The number of piperidine rings is 1. The highest BCUT2D eigenvalue weighted by atomic mass is 32.2. The molecule has 3 amide bonds. The van der Waals surface area contributed by atoms with Crippen LogP contribution in [0.1, 0.15) is 30.9 Å². The van der Waals surface area contributed by atoms with E-state index in [-0.39, 0.29) is 34.4 Å². The van der Waals surface area contributed by atoms with E-state index >= 15 is 0 Å². The minimum Gasteiger partial charge on any atom is -0.325 e. The minimum absolute atomic E-state index is 0.0375. The molecule has 2 heterocycles. The van der Waals surface area contributed by atoms with E-state index in [2.05, 4.69) is 5.32 Å². The second-order valence-corrected chi connectivity index (χ2v) is 10.7. The molecular weight excluding hydrogens is 459 g/mol. The van der Waals surface area contributed by atoms with Gasteiger partial charge in [-0.15, -0.1) is 0 Å². The Balaban J connectivity index is 1.40. The predicted octanol–water partition coefficient (Wildman–Crippen LogP) is 3.18. The highest BCUT2D eigenvalue weighted by molar-refractivity contribution is 7.89. The zero-order valence-electron chi connectivity index (χ0n) is 19.3. The third-order valence-electron chi connectivity index (χ3n) is 6.34. The number of hydrogen-bond acceptors (Lipinski definition) is 4. The van der Waals surface area contributed by atoms with Gasteiger partial charge >= 0.3 is 6.03 Å². The van der Waals surface area contributed by atoms with Gasteiger partial charge in [-0.25, -0.2) is 17.6 Å². The molecule has 0 aromatic heterocycles. The second-order valence-electron chi connectivity index (χ2n) is 8.84. The van der Waals surface area contributed by atoms with Gasteiger partial charge < -0.3 is 15.1 Å². The summed E-state index contributed by atoms with van der Waals surface area (Å²) in [5.74, 6) is -0.647. The summed E-state index contributed by atoms with van der Waals surface area (Å²) in [6, 6.07) is 10.9. The van der Waals surface area contributed by atoms with Crippen molar-refractivity contribution in [2.24, 2.45) is 0 Å². The Hall–Kier alpha value is -2.98. The number of anilines is 1. The average Bonchev–Trinajstić information content (AvgIpc) is 3.16. The number of carbonyl (C=O) groups is 2. The van der Waals surface area contributed by atoms with Crippen LogP contribution in [0, 0.1) is 12.7 Å². The minimum atomic E-state index is -3.80. The van der Waals surface area contributed by atoms with Crippen molar-refractivity contribution in [2.45, 2.75) is 44.2 Å². The van der Waals surface area contributed by atoms with Crippen LogP contribution in [0.25, 0.3) is 0 Å². The fourth-order valence-electron chi connectivity index (χ4n) is 4.57. The normalized spacial score (nSPS) is 17.9. The van der Waals surface area contributed by atoms with Crippen molar-refractivity contribution in [1.29, 1.82) is 0 Å². The van der Waals surface area contributed by atoms with Crippen molar-refractivity contribution < 1.29 is 22.4 Å². The predicted molar refractivity (Wildman–Crippen MR) is 126 cm³/mol. The summed E-state index contributed by atoms with van der Waals surface area (Å²) < 4.78 is 41.3. The molecule has 2 saturated heterocycles. The number of rotatable bonds is 6. The Kier molecular flexibility index (Phi) is 6.90. The van der Waals surface area contributed by atoms with E-state index in [1.54, 1.807) is 42.2 Å². The summed E-state index contributed by atoms with van der Waals surface area (Å²) >= 11 is 0. The molecule has 0 bridgehead atoms. The summed E-state index contributed by atoms with van der Waals surface area (Å²) in [5, 5.41) is 2.61. The summed E-state index contributed by atoms with van der Waals surface area (Å²) in [7, 11) is -3.80. The number of benzene rings is 2. The molecule has 2 aromatic carbocycles. The largest absolute Gasteiger partial charge is 0.325 e. The highest BCUT2D eigenvalue weighted by Gasteiger charge is 2.38. The molecule has 34 heavy (non-hydrogen) atoms. The molecular formula is C24H29FN4O4S. The number of nitrogens with one attached hydrogen (secondary N) is 1. The van der Waals surface area contributed by atoms with Gasteiger partial charge in [-0.2, -0.15) is 4.31 Å². The molecule has 2 aliphatic rings. The van der Waals surface area contributed by atoms with Crippen LogP contribution in [-0.2, 0) is 21.4 Å². The number of halogens is 1. The van der Waals surface area contributed by atoms with Gasteiger partial charge in [0.25, 0.3) is 0 Å². The van der Waals surface area contributed by atoms with Crippen LogP contribution < -0.4 is 5.32 Å². The Morgan fingerprint density at radius 1 is 1.06 bits per heavy atom. The first-order valence-electron chi connectivity index (χ1n) is 11.3. The molecule has 2 aliphatic heterocycles. The third-order valence-corrected chi connectivity index (χ3v) is 8.28. The van der Waals surface area contributed by atoms with Gasteiger partial charge in [0.15, 0.2) is 0 Å². The number of nitrogens with zero attached hydrogens (tertiary/aromatic N) is 3. The molecule has 0 atom stereocenters. The van der Waals surface area contributed by atoms with E-state index in [9.17, 15) is 22.4 Å². The molecule has 10 heteroatoms. The number of hydrogen-bond donors (Lipinski definition) is 1.